The van der Waals surface area contributed by atoms with Crippen LogP contribution in [0.5, 0.6) is 0 Å². The zero-order chi connectivity index (χ0) is 21.3. The molecule has 4 aromatic rings. The molecule has 2 aromatic heterocycles. The molecule has 0 atom stereocenters. The van der Waals surface area contributed by atoms with E-state index in [9.17, 15) is 9.59 Å². The first kappa shape index (κ1) is 19.9. The van der Waals surface area contributed by atoms with Gasteiger partial charge in [-0.1, -0.05) is 42.1 Å². The second-order valence-corrected chi connectivity index (χ2v) is 8.00. The molecule has 7 nitrogen and oxygen atoms in total. The average molecular weight is 420 g/mol. The van der Waals surface area contributed by atoms with E-state index in [0.717, 1.165) is 28.1 Å². The number of nitrogens with one attached hydrogen (secondary N) is 2. The van der Waals surface area contributed by atoms with Crippen LogP contribution in [0.4, 0.5) is 5.69 Å². The number of hydrogen-bond donors (Lipinski definition) is 2. The molecule has 152 valence electrons. The van der Waals surface area contributed by atoms with Gasteiger partial charge in [-0.3, -0.25) is 9.59 Å². The standard InChI is InChI=1S/C22H21N5O2S/c1-13-8-6-9-17(15(13)3)24-19(28)12-30-22-25-20-16(21(29)26-22)11-23-27(20)18-10-5-4-7-14(18)2/h4-11H,12H2,1-3H3,(H,24,28)(H,25,26,29). The molecule has 0 bridgehead atoms. The molecule has 0 aliphatic heterocycles. The lowest BCUT2D eigenvalue weighted by Crippen LogP contribution is -2.16. The smallest absolute Gasteiger partial charge is 0.262 e. The minimum Gasteiger partial charge on any atom is -0.325 e. The first-order valence-corrected chi connectivity index (χ1v) is 10.5. The second kappa shape index (κ2) is 8.16. The van der Waals surface area contributed by atoms with E-state index in [4.69, 9.17) is 0 Å². The summed E-state index contributed by atoms with van der Waals surface area (Å²) >= 11 is 1.18. The van der Waals surface area contributed by atoms with E-state index in [1.807, 2.05) is 63.2 Å². The van der Waals surface area contributed by atoms with E-state index >= 15 is 0 Å². The highest BCUT2D eigenvalue weighted by Crippen LogP contribution is 2.21. The van der Waals surface area contributed by atoms with Gasteiger partial charge in [0.25, 0.3) is 5.56 Å². The lowest BCUT2D eigenvalue weighted by atomic mass is 10.1. The molecule has 0 aliphatic rings. The van der Waals surface area contributed by atoms with Gasteiger partial charge in [0.1, 0.15) is 5.39 Å². The molecule has 0 aliphatic carbocycles. The summed E-state index contributed by atoms with van der Waals surface area (Å²) in [6.45, 7) is 5.95. The van der Waals surface area contributed by atoms with E-state index in [1.54, 1.807) is 4.68 Å². The molecule has 2 N–H and O–H groups in total. The Morgan fingerprint density at radius 1 is 1.10 bits per heavy atom. The van der Waals surface area contributed by atoms with Crippen molar-refractivity contribution in [2.45, 2.75) is 25.9 Å². The van der Waals surface area contributed by atoms with Crippen LogP contribution in [0.2, 0.25) is 0 Å². The Hall–Kier alpha value is -3.39. The number of hydrogen-bond acceptors (Lipinski definition) is 5. The highest BCUT2D eigenvalue weighted by atomic mass is 32.2. The highest BCUT2D eigenvalue weighted by molar-refractivity contribution is 7.99. The number of amides is 1. The number of H-pyrrole nitrogens is 1. The molecule has 0 spiro atoms. The third-order valence-corrected chi connectivity index (χ3v) is 5.85. The summed E-state index contributed by atoms with van der Waals surface area (Å²) in [5.74, 6) is -0.0378. The lowest BCUT2D eigenvalue weighted by Gasteiger charge is -2.10. The predicted molar refractivity (Wildman–Crippen MR) is 119 cm³/mol. The molecule has 0 saturated heterocycles. The van der Waals surface area contributed by atoms with Crippen LogP contribution in [0.25, 0.3) is 16.7 Å². The number of carbonyl (C=O) groups excluding carboxylic acids is 1. The normalized spacial score (nSPS) is 11.0. The third kappa shape index (κ3) is 3.86. The second-order valence-electron chi connectivity index (χ2n) is 7.04. The quantitative estimate of drug-likeness (QED) is 0.379. The molecule has 4 rings (SSSR count). The highest BCUT2D eigenvalue weighted by Gasteiger charge is 2.14. The summed E-state index contributed by atoms with van der Waals surface area (Å²) in [5, 5.41) is 8.04. The Morgan fingerprint density at radius 2 is 1.87 bits per heavy atom. The van der Waals surface area contributed by atoms with Crippen molar-refractivity contribution in [3.05, 3.63) is 75.7 Å². The molecule has 0 fully saturated rings. The monoisotopic (exact) mass is 419 g/mol. The summed E-state index contributed by atoms with van der Waals surface area (Å²) < 4.78 is 1.65. The van der Waals surface area contributed by atoms with Crippen molar-refractivity contribution in [2.24, 2.45) is 0 Å². The van der Waals surface area contributed by atoms with Crippen molar-refractivity contribution in [1.82, 2.24) is 19.7 Å². The van der Waals surface area contributed by atoms with Crippen molar-refractivity contribution in [3.8, 4) is 5.69 Å². The third-order valence-electron chi connectivity index (χ3n) is 4.98. The van der Waals surface area contributed by atoms with E-state index in [1.165, 1.54) is 18.0 Å². The minimum absolute atomic E-state index is 0.125. The van der Waals surface area contributed by atoms with Gasteiger partial charge in [-0.15, -0.1) is 0 Å². The maximum absolute atomic E-state index is 12.5. The molecule has 1 amide bonds. The maximum Gasteiger partial charge on any atom is 0.262 e. The van der Waals surface area contributed by atoms with Gasteiger partial charge in [-0.05, 0) is 49.6 Å². The Balaban J connectivity index is 1.57. The van der Waals surface area contributed by atoms with E-state index in [2.05, 4.69) is 20.4 Å². The summed E-state index contributed by atoms with van der Waals surface area (Å²) in [4.78, 5) is 32.2. The fourth-order valence-electron chi connectivity index (χ4n) is 3.15. The van der Waals surface area contributed by atoms with Crippen molar-refractivity contribution in [3.63, 3.8) is 0 Å². The zero-order valence-electron chi connectivity index (χ0n) is 16.9. The number of anilines is 1. The van der Waals surface area contributed by atoms with Crippen molar-refractivity contribution < 1.29 is 4.79 Å². The molecule has 2 heterocycles. The van der Waals surface area contributed by atoms with E-state index < -0.39 is 0 Å². The van der Waals surface area contributed by atoms with E-state index in [0.29, 0.717) is 16.2 Å². The Kier molecular flexibility index (Phi) is 5.41. The lowest BCUT2D eigenvalue weighted by molar-refractivity contribution is -0.113. The Bertz CT molecular complexity index is 1310. The average Bonchev–Trinajstić information content (AvgIpc) is 3.15. The van der Waals surface area contributed by atoms with Gasteiger partial charge in [0.2, 0.25) is 5.91 Å². The summed E-state index contributed by atoms with van der Waals surface area (Å²) in [5.41, 5.74) is 4.99. The Morgan fingerprint density at radius 3 is 2.67 bits per heavy atom. The number of rotatable bonds is 5. The zero-order valence-corrected chi connectivity index (χ0v) is 17.7. The van der Waals surface area contributed by atoms with Crippen molar-refractivity contribution >= 4 is 34.4 Å². The molecule has 2 aromatic carbocycles. The number of aryl methyl sites for hydroxylation is 2. The molecule has 30 heavy (non-hydrogen) atoms. The van der Waals surface area contributed by atoms with Gasteiger partial charge in [0.05, 0.1) is 17.6 Å². The van der Waals surface area contributed by atoms with E-state index in [-0.39, 0.29) is 17.2 Å². The van der Waals surface area contributed by atoms with Crippen LogP contribution < -0.4 is 10.9 Å². The molecular weight excluding hydrogens is 398 g/mol. The van der Waals surface area contributed by atoms with Gasteiger partial charge in [0, 0.05) is 5.69 Å². The summed E-state index contributed by atoms with van der Waals surface area (Å²) in [7, 11) is 0. The predicted octanol–water partition coefficient (Wildman–Crippen LogP) is 3.76. The topological polar surface area (TPSA) is 92.7 Å². The Labute approximate surface area is 177 Å². The van der Waals surface area contributed by atoms with Crippen LogP contribution in [0, 0.1) is 20.8 Å². The number of fused-ring (bicyclic) bond motifs is 1. The summed E-state index contributed by atoms with van der Waals surface area (Å²) in [6.07, 6.45) is 1.51. The summed E-state index contributed by atoms with van der Waals surface area (Å²) in [6, 6.07) is 13.5. The molecule has 0 radical (unpaired) electrons. The van der Waals surface area contributed by atoms with Gasteiger partial charge in [-0.25, -0.2) is 9.67 Å². The fraction of sp³-hybridized carbons (Fsp3) is 0.182. The number of benzene rings is 2. The molecular formula is C22H21N5O2S. The number of thioether (sulfide) groups is 1. The molecule has 8 heteroatoms. The van der Waals surface area contributed by atoms with Crippen molar-refractivity contribution in [2.75, 3.05) is 11.1 Å². The van der Waals surface area contributed by atoms with Crippen LogP contribution in [0.15, 0.2) is 58.6 Å². The van der Waals surface area contributed by atoms with Gasteiger partial charge in [0.15, 0.2) is 10.8 Å². The first-order chi connectivity index (χ1) is 14.4. The number of para-hydroxylation sites is 1. The van der Waals surface area contributed by atoms with Crippen LogP contribution >= 0.6 is 11.8 Å². The van der Waals surface area contributed by atoms with Crippen LogP contribution in [-0.4, -0.2) is 31.4 Å². The largest absolute Gasteiger partial charge is 0.325 e. The van der Waals surface area contributed by atoms with Crippen molar-refractivity contribution in [1.29, 1.82) is 0 Å². The SMILES string of the molecule is Cc1ccccc1-n1ncc2c(=O)[nH]c(SCC(=O)Nc3cccc(C)c3C)nc21. The number of carbonyl (C=O) groups is 1. The number of aromatic nitrogens is 4. The van der Waals surface area contributed by atoms with Gasteiger partial charge >= 0.3 is 0 Å². The van der Waals surface area contributed by atoms with Gasteiger partial charge < -0.3 is 10.3 Å². The fourth-order valence-corrected chi connectivity index (χ4v) is 3.81. The number of aromatic amines is 1. The first-order valence-electron chi connectivity index (χ1n) is 9.47. The minimum atomic E-state index is -0.280. The molecule has 0 unspecified atom stereocenters. The van der Waals surface area contributed by atoms with Crippen LogP contribution in [0.1, 0.15) is 16.7 Å². The van der Waals surface area contributed by atoms with Crippen LogP contribution in [0.3, 0.4) is 0 Å². The number of nitrogens with zero attached hydrogens (tertiary/aromatic N) is 3. The van der Waals surface area contributed by atoms with Gasteiger partial charge in [-0.2, -0.15) is 5.10 Å². The molecule has 0 saturated carbocycles. The van der Waals surface area contributed by atoms with Crippen LogP contribution in [-0.2, 0) is 4.79 Å². The maximum atomic E-state index is 12.5.